The average molecular weight is 289 g/mol. The van der Waals surface area contributed by atoms with E-state index in [2.05, 4.69) is 5.32 Å². The maximum absolute atomic E-state index is 12.0. The van der Waals surface area contributed by atoms with Gasteiger partial charge in [0.15, 0.2) is 6.10 Å². The zero-order valence-electron chi connectivity index (χ0n) is 11.8. The quantitative estimate of drug-likeness (QED) is 0.759. The van der Waals surface area contributed by atoms with Crippen LogP contribution in [0.25, 0.3) is 0 Å². The summed E-state index contributed by atoms with van der Waals surface area (Å²) in [6.45, 7) is 1.77. The minimum Gasteiger partial charge on any atom is -0.467 e. The fraction of sp³-hybridized carbons (Fsp3) is 0.312. The molecule has 1 amide bonds. The highest BCUT2D eigenvalue weighted by molar-refractivity contribution is 5.82. The van der Waals surface area contributed by atoms with Crippen molar-refractivity contribution in [3.05, 3.63) is 60.1 Å². The van der Waals surface area contributed by atoms with E-state index in [1.807, 2.05) is 6.07 Å². The lowest BCUT2D eigenvalue weighted by Gasteiger charge is -2.19. The molecule has 0 saturated heterocycles. The molecule has 0 aliphatic heterocycles. The van der Waals surface area contributed by atoms with Crippen LogP contribution in [0.1, 0.15) is 36.9 Å². The summed E-state index contributed by atoms with van der Waals surface area (Å²) in [5, 5.41) is 22.6. The first-order chi connectivity index (χ1) is 10.1. The lowest BCUT2D eigenvalue weighted by molar-refractivity contribution is -0.130. The van der Waals surface area contributed by atoms with Crippen LogP contribution >= 0.6 is 0 Å². The van der Waals surface area contributed by atoms with Crippen molar-refractivity contribution < 1.29 is 19.4 Å². The monoisotopic (exact) mass is 289 g/mol. The van der Waals surface area contributed by atoms with Crippen LogP contribution in [0, 0.1) is 0 Å². The molecule has 112 valence electrons. The van der Waals surface area contributed by atoms with Gasteiger partial charge in [-0.25, -0.2) is 0 Å². The molecule has 21 heavy (non-hydrogen) atoms. The molecule has 0 spiro atoms. The Morgan fingerprint density at radius 3 is 2.52 bits per heavy atom. The van der Waals surface area contributed by atoms with Crippen LogP contribution in [0.4, 0.5) is 0 Å². The van der Waals surface area contributed by atoms with E-state index >= 15 is 0 Å². The Bertz CT molecular complexity index is 553. The van der Waals surface area contributed by atoms with Gasteiger partial charge in [0.2, 0.25) is 0 Å². The van der Waals surface area contributed by atoms with E-state index in [1.54, 1.807) is 43.3 Å². The van der Waals surface area contributed by atoms with Crippen molar-refractivity contribution in [3.8, 4) is 0 Å². The van der Waals surface area contributed by atoms with Gasteiger partial charge in [-0.3, -0.25) is 4.79 Å². The number of aliphatic hydroxyl groups is 2. The molecule has 0 fully saturated rings. The van der Waals surface area contributed by atoms with Gasteiger partial charge in [0, 0.05) is 12.5 Å². The second kappa shape index (κ2) is 7.06. The van der Waals surface area contributed by atoms with Gasteiger partial charge in [0.05, 0.1) is 6.26 Å². The molecule has 0 aliphatic rings. The molecule has 0 radical (unpaired) electrons. The maximum Gasteiger partial charge on any atom is 0.253 e. The summed E-state index contributed by atoms with van der Waals surface area (Å²) in [6, 6.07) is 11.8. The Hall–Kier alpha value is -2.11. The first kappa shape index (κ1) is 15.3. The van der Waals surface area contributed by atoms with Crippen LogP contribution in [0.3, 0.4) is 0 Å². The number of carbonyl (C=O) groups is 1. The van der Waals surface area contributed by atoms with Crippen LogP contribution in [0.15, 0.2) is 53.1 Å². The van der Waals surface area contributed by atoms with Gasteiger partial charge in [0.1, 0.15) is 11.9 Å². The minimum absolute atomic E-state index is 0.295. The molecule has 0 unspecified atom stereocenters. The fourth-order valence-corrected chi connectivity index (χ4v) is 2.10. The van der Waals surface area contributed by atoms with Gasteiger partial charge >= 0.3 is 0 Å². The summed E-state index contributed by atoms with van der Waals surface area (Å²) in [4.78, 5) is 12.0. The molecular weight excluding hydrogens is 270 g/mol. The Morgan fingerprint density at radius 1 is 1.19 bits per heavy atom. The number of hydrogen-bond acceptors (Lipinski definition) is 4. The molecule has 3 N–H and O–H groups in total. The zero-order valence-corrected chi connectivity index (χ0v) is 11.8. The normalized spacial score (nSPS) is 15.2. The van der Waals surface area contributed by atoms with Crippen LogP contribution in [-0.4, -0.2) is 22.2 Å². The molecule has 5 heteroatoms. The third-order valence-electron chi connectivity index (χ3n) is 3.20. The molecule has 1 aromatic heterocycles. The van der Waals surface area contributed by atoms with Gasteiger partial charge in [-0.15, -0.1) is 0 Å². The first-order valence-corrected chi connectivity index (χ1v) is 6.82. The second-order valence-electron chi connectivity index (χ2n) is 4.99. The van der Waals surface area contributed by atoms with Gasteiger partial charge in [-0.05, 0) is 24.6 Å². The van der Waals surface area contributed by atoms with E-state index in [9.17, 15) is 15.0 Å². The van der Waals surface area contributed by atoms with E-state index in [-0.39, 0.29) is 6.04 Å². The summed E-state index contributed by atoms with van der Waals surface area (Å²) in [5.41, 5.74) is 0.536. The minimum atomic E-state index is -1.21. The molecule has 3 atom stereocenters. The highest BCUT2D eigenvalue weighted by Crippen LogP contribution is 2.19. The number of furan rings is 1. The van der Waals surface area contributed by atoms with Gasteiger partial charge in [-0.1, -0.05) is 30.3 Å². The Labute approximate surface area is 123 Å². The van der Waals surface area contributed by atoms with Gasteiger partial charge < -0.3 is 19.9 Å². The average Bonchev–Trinajstić information content (AvgIpc) is 3.01. The van der Waals surface area contributed by atoms with Crippen LogP contribution < -0.4 is 5.32 Å². The summed E-state index contributed by atoms with van der Waals surface area (Å²) in [6.07, 6.45) is -0.208. The first-order valence-electron chi connectivity index (χ1n) is 6.82. The number of rotatable bonds is 6. The number of carbonyl (C=O) groups excluding carboxylic acids is 1. The fourth-order valence-electron chi connectivity index (χ4n) is 2.10. The van der Waals surface area contributed by atoms with Crippen molar-refractivity contribution in [2.75, 3.05) is 0 Å². The molecule has 2 rings (SSSR count). The summed E-state index contributed by atoms with van der Waals surface area (Å²) >= 11 is 0. The van der Waals surface area contributed by atoms with E-state index in [4.69, 9.17) is 4.42 Å². The Kier molecular flexibility index (Phi) is 5.14. The van der Waals surface area contributed by atoms with Crippen molar-refractivity contribution in [1.29, 1.82) is 0 Å². The van der Waals surface area contributed by atoms with Crippen molar-refractivity contribution in [2.24, 2.45) is 0 Å². The van der Waals surface area contributed by atoms with Crippen molar-refractivity contribution in [3.63, 3.8) is 0 Å². The van der Waals surface area contributed by atoms with Crippen LogP contribution in [0.5, 0.6) is 0 Å². The van der Waals surface area contributed by atoms with E-state index < -0.39 is 18.1 Å². The van der Waals surface area contributed by atoms with Crippen molar-refractivity contribution in [1.82, 2.24) is 5.32 Å². The maximum atomic E-state index is 12.0. The van der Waals surface area contributed by atoms with Crippen molar-refractivity contribution in [2.45, 2.75) is 31.6 Å². The smallest absolute Gasteiger partial charge is 0.253 e. The van der Waals surface area contributed by atoms with Crippen LogP contribution in [-0.2, 0) is 4.79 Å². The predicted molar refractivity (Wildman–Crippen MR) is 77.3 cm³/mol. The molecule has 1 heterocycles. The largest absolute Gasteiger partial charge is 0.467 e. The number of amides is 1. The van der Waals surface area contributed by atoms with Crippen LogP contribution in [0.2, 0.25) is 0 Å². The van der Waals surface area contributed by atoms with Gasteiger partial charge in [-0.2, -0.15) is 0 Å². The number of nitrogens with one attached hydrogen (secondary N) is 1. The van der Waals surface area contributed by atoms with E-state index in [1.165, 1.54) is 6.26 Å². The highest BCUT2D eigenvalue weighted by Gasteiger charge is 2.21. The Morgan fingerprint density at radius 2 is 1.90 bits per heavy atom. The SMILES string of the molecule is C[C@H](C[C@H](O)c1ccco1)NC(=O)[C@@H](O)c1ccccc1. The summed E-state index contributed by atoms with van der Waals surface area (Å²) < 4.78 is 5.11. The van der Waals surface area contributed by atoms with Gasteiger partial charge in [0.25, 0.3) is 5.91 Å². The molecule has 0 aliphatic carbocycles. The molecule has 0 bridgehead atoms. The number of hydrogen-bond donors (Lipinski definition) is 3. The molecule has 1 aromatic carbocycles. The van der Waals surface area contributed by atoms with E-state index in [0.717, 1.165) is 0 Å². The summed E-state index contributed by atoms with van der Waals surface area (Å²) in [7, 11) is 0. The Balaban J connectivity index is 1.87. The van der Waals surface area contributed by atoms with Crippen molar-refractivity contribution >= 4 is 5.91 Å². The predicted octanol–water partition coefficient (Wildman–Crippen LogP) is 1.94. The molecule has 0 saturated carbocycles. The standard InChI is InChI=1S/C16H19NO4/c1-11(10-13(18)14-8-5-9-21-14)17-16(20)15(19)12-6-3-2-4-7-12/h2-9,11,13,15,18-19H,10H2,1H3,(H,17,20)/t11-,13+,15+/m1/s1. The lowest BCUT2D eigenvalue weighted by Crippen LogP contribution is -2.37. The second-order valence-corrected chi connectivity index (χ2v) is 4.99. The topological polar surface area (TPSA) is 82.7 Å². The molecule has 2 aromatic rings. The third-order valence-corrected chi connectivity index (χ3v) is 3.20. The zero-order chi connectivity index (χ0) is 15.2. The molecule has 5 nitrogen and oxygen atoms in total. The third kappa shape index (κ3) is 4.18. The summed E-state index contributed by atoms with van der Waals surface area (Å²) in [5.74, 6) is -0.0277. The number of benzene rings is 1. The lowest BCUT2D eigenvalue weighted by atomic mass is 10.1. The van der Waals surface area contributed by atoms with E-state index in [0.29, 0.717) is 17.7 Å². The molecular formula is C16H19NO4. The number of aliphatic hydroxyl groups excluding tert-OH is 2. The highest BCUT2D eigenvalue weighted by atomic mass is 16.4.